The van der Waals surface area contributed by atoms with Crippen LogP contribution in [-0.2, 0) is 7.05 Å². The molecule has 1 aromatic carbocycles. The molecule has 3 aromatic rings. The number of benzene rings is 1. The molecule has 3 atom stereocenters. The van der Waals surface area contributed by atoms with Crippen molar-refractivity contribution in [1.82, 2.24) is 14.5 Å². The SMILES string of the molecule is [C-]#[N+]c1ccc2c(n1)c(N1C[C@@H](C)N(C(C)c3ccc(F)c(C)c3)C[C@@H]1C)cc(=O)n2C. The Labute approximate surface area is 187 Å². The lowest BCUT2D eigenvalue weighted by Crippen LogP contribution is -2.57. The molecule has 0 spiro atoms. The molecule has 32 heavy (non-hydrogen) atoms. The number of anilines is 1. The molecule has 0 N–H and O–H groups in total. The van der Waals surface area contributed by atoms with Crippen LogP contribution >= 0.6 is 0 Å². The Balaban J connectivity index is 1.69. The Bertz CT molecular complexity index is 1280. The topological polar surface area (TPSA) is 45.7 Å². The predicted molar refractivity (Wildman–Crippen MR) is 126 cm³/mol. The molecule has 0 aliphatic carbocycles. The van der Waals surface area contributed by atoms with Gasteiger partial charge in [0.2, 0.25) is 5.52 Å². The average molecular weight is 434 g/mol. The molecule has 0 radical (unpaired) electrons. The van der Waals surface area contributed by atoms with Crippen LogP contribution in [0.2, 0.25) is 0 Å². The van der Waals surface area contributed by atoms with Gasteiger partial charge in [0.1, 0.15) is 5.82 Å². The minimum absolute atomic E-state index is 0.0951. The predicted octanol–water partition coefficient (Wildman–Crippen LogP) is 4.59. The molecule has 0 amide bonds. The van der Waals surface area contributed by atoms with Crippen molar-refractivity contribution in [2.24, 2.45) is 7.05 Å². The van der Waals surface area contributed by atoms with Gasteiger partial charge in [-0.25, -0.2) is 4.39 Å². The van der Waals surface area contributed by atoms with Gasteiger partial charge in [-0.05, 0) is 57.0 Å². The Morgan fingerprint density at radius 2 is 1.91 bits per heavy atom. The minimum atomic E-state index is -0.184. The third-order valence-electron chi connectivity index (χ3n) is 6.67. The van der Waals surface area contributed by atoms with Gasteiger partial charge in [-0.1, -0.05) is 18.7 Å². The van der Waals surface area contributed by atoms with Gasteiger partial charge in [0, 0.05) is 44.3 Å². The summed E-state index contributed by atoms with van der Waals surface area (Å²) in [6.07, 6.45) is 0. The second kappa shape index (κ2) is 8.36. The monoisotopic (exact) mass is 433 g/mol. The Morgan fingerprint density at radius 3 is 2.59 bits per heavy atom. The summed E-state index contributed by atoms with van der Waals surface area (Å²) in [6.45, 7) is 17.1. The first-order valence-electron chi connectivity index (χ1n) is 10.9. The molecular weight excluding hydrogens is 405 g/mol. The molecule has 0 saturated carbocycles. The molecule has 1 aliphatic heterocycles. The molecule has 1 saturated heterocycles. The van der Waals surface area contributed by atoms with E-state index in [0.29, 0.717) is 16.9 Å². The van der Waals surface area contributed by atoms with Crippen LogP contribution in [-0.4, -0.2) is 39.6 Å². The number of aromatic nitrogens is 2. The van der Waals surface area contributed by atoms with Gasteiger partial charge in [-0.2, -0.15) is 0 Å². The summed E-state index contributed by atoms with van der Waals surface area (Å²) in [5.74, 6) is 0.132. The van der Waals surface area contributed by atoms with Crippen molar-refractivity contribution < 1.29 is 4.39 Å². The van der Waals surface area contributed by atoms with E-state index in [2.05, 4.69) is 40.4 Å². The smallest absolute Gasteiger partial charge is 0.270 e. The van der Waals surface area contributed by atoms with Gasteiger partial charge in [0.15, 0.2) is 0 Å². The fraction of sp³-hybridized carbons (Fsp3) is 0.400. The number of aryl methyl sites for hydroxylation is 2. The lowest BCUT2D eigenvalue weighted by Gasteiger charge is -2.47. The maximum Gasteiger partial charge on any atom is 0.270 e. The number of piperazine rings is 1. The second-order valence-corrected chi connectivity index (χ2v) is 8.81. The van der Waals surface area contributed by atoms with Crippen LogP contribution < -0.4 is 10.5 Å². The largest absolute Gasteiger partial charge is 0.362 e. The van der Waals surface area contributed by atoms with Gasteiger partial charge in [0.05, 0.1) is 11.2 Å². The summed E-state index contributed by atoms with van der Waals surface area (Å²) in [5.41, 5.74) is 3.83. The third-order valence-corrected chi connectivity index (χ3v) is 6.67. The van der Waals surface area contributed by atoms with E-state index in [1.54, 1.807) is 36.7 Å². The molecule has 1 fully saturated rings. The number of hydrogen-bond donors (Lipinski definition) is 0. The lowest BCUT2D eigenvalue weighted by atomic mass is 9.99. The van der Waals surface area contributed by atoms with E-state index < -0.39 is 0 Å². The van der Waals surface area contributed by atoms with Crippen LogP contribution in [0.4, 0.5) is 15.9 Å². The van der Waals surface area contributed by atoms with E-state index in [9.17, 15) is 9.18 Å². The van der Waals surface area contributed by atoms with Crippen LogP contribution in [0.3, 0.4) is 0 Å². The molecule has 4 rings (SSSR count). The van der Waals surface area contributed by atoms with Gasteiger partial charge in [-0.3, -0.25) is 9.69 Å². The molecule has 0 bridgehead atoms. The fourth-order valence-corrected chi connectivity index (χ4v) is 4.73. The molecular formula is C25H28FN5O. The maximum absolute atomic E-state index is 13.8. The van der Waals surface area contributed by atoms with E-state index in [1.165, 1.54) is 6.07 Å². The summed E-state index contributed by atoms with van der Waals surface area (Å²) in [4.78, 5) is 25.3. The minimum Gasteiger partial charge on any atom is -0.362 e. The van der Waals surface area contributed by atoms with Crippen molar-refractivity contribution in [3.05, 3.63) is 75.1 Å². The fourth-order valence-electron chi connectivity index (χ4n) is 4.73. The van der Waals surface area contributed by atoms with E-state index in [0.717, 1.165) is 29.9 Å². The normalized spacial score (nSPS) is 20.3. The zero-order valence-corrected chi connectivity index (χ0v) is 19.1. The van der Waals surface area contributed by atoms with Gasteiger partial charge >= 0.3 is 0 Å². The molecule has 166 valence electrons. The number of rotatable bonds is 3. The highest BCUT2D eigenvalue weighted by Crippen LogP contribution is 2.33. The molecule has 1 unspecified atom stereocenters. The van der Waals surface area contributed by atoms with Crippen molar-refractivity contribution in [1.29, 1.82) is 0 Å². The summed E-state index contributed by atoms with van der Waals surface area (Å²) in [7, 11) is 1.73. The number of fused-ring (bicyclic) bond motifs is 1. The summed E-state index contributed by atoms with van der Waals surface area (Å²) < 4.78 is 15.3. The molecule has 3 heterocycles. The van der Waals surface area contributed by atoms with Crippen LogP contribution in [0.25, 0.3) is 15.9 Å². The van der Waals surface area contributed by atoms with Crippen molar-refractivity contribution in [2.75, 3.05) is 18.0 Å². The highest BCUT2D eigenvalue weighted by Gasteiger charge is 2.34. The van der Waals surface area contributed by atoms with E-state index in [-0.39, 0.29) is 29.5 Å². The van der Waals surface area contributed by atoms with Crippen LogP contribution in [0, 0.1) is 19.3 Å². The molecule has 1 aliphatic rings. The Morgan fingerprint density at radius 1 is 1.16 bits per heavy atom. The van der Waals surface area contributed by atoms with Crippen molar-refractivity contribution in [3.63, 3.8) is 0 Å². The summed E-state index contributed by atoms with van der Waals surface area (Å²) >= 11 is 0. The number of halogens is 1. The van der Waals surface area contributed by atoms with Crippen molar-refractivity contribution in [2.45, 2.75) is 45.8 Å². The van der Waals surface area contributed by atoms with Crippen molar-refractivity contribution in [3.8, 4) is 0 Å². The van der Waals surface area contributed by atoms with Gasteiger partial charge < -0.3 is 14.3 Å². The molecule has 2 aromatic heterocycles. The van der Waals surface area contributed by atoms with Gasteiger partial charge in [-0.15, -0.1) is 4.98 Å². The number of pyridine rings is 2. The summed E-state index contributed by atoms with van der Waals surface area (Å²) in [5, 5.41) is 0. The first-order valence-corrected chi connectivity index (χ1v) is 10.9. The Kier molecular flexibility index (Phi) is 5.74. The molecule has 7 heteroatoms. The lowest BCUT2D eigenvalue weighted by molar-refractivity contribution is 0.119. The van der Waals surface area contributed by atoms with Crippen LogP contribution in [0.1, 0.15) is 37.9 Å². The van der Waals surface area contributed by atoms with E-state index >= 15 is 0 Å². The average Bonchev–Trinajstić information content (AvgIpc) is 2.78. The highest BCUT2D eigenvalue weighted by molar-refractivity contribution is 5.89. The molecule has 6 nitrogen and oxygen atoms in total. The van der Waals surface area contributed by atoms with Crippen LogP contribution in [0.5, 0.6) is 0 Å². The Hall–Kier alpha value is -3.24. The van der Waals surface area contributed by atoms with E-state index in [1.807, 2.05) is 12.1 Å². The van der Waals surface area contributed by atoms with Crippen LogP contribution in [0.15, 0.2) is 41.2 Å². The number of hydrogen-bond acceptors (Lipinski definition) is 4. The van der Waals surface area contributed by atoms with E-state index in [4.69, 9.17) is 6.57 Å². The second-order valence-electron chi connectivity index (χ2n) is 8.81. The van der Waals surface area contributed by atoms with Gasteiger partial charge in [0.25, 0.3) is 11.4 Å². The standard InChI is InChI=1S/C25H28FN5O/c1-15-11-19(7-8-20(15)26)18(4)30-13-17(3)31(14-16(30)2)22-12-24(32)29(6)21-9-10-23(27-5)28-25(21)22/h7-12,16-18H,13-14H2,1-4,6H3/t16-,17+,18?/m1/s1. The quantitative estimate of drug-likeness (QED) is 0.567. The first kappa shape index (κ1) is 22.0. The summed E-state index contributed by atoms with van der Waals surface area (Å²) in [6, 6.07) is 10.9. The first-order chi connectivity index (χ1) is 15.2. The maximum atomic E-state index is 13.8. The highest BCUT2D eigenvalue weighted by atomic mass is 19.1. The third kappa shape index (κ3) is 3.76. The van der Waals surface area contributed by atoms with Crippen molar-refractivity contribution >= 4 is 22.5 Å². The zero-order chi connectivity index (χ0) is 23.2. The zero-order valence-electron chi connectivity index (χ0n) is 19.1. The number of nitrogens with zero attached hydrogens (tertiary/aromatic N) is 5.